The third-order valence-corrected chi connectivity index (χ3v) is 2.86. The van der Waals surface area contributed by atoms with E-state index >= 15 is 0 Å². The van der Waals surface area contributed by atoms with Crippen molar-refractivity contribution in [3.8, 4) is 0 Å². The molecule has 2 N–H and O–H groups in total. The van der Waals surface area contributed by atoms with E-state index in [0.717, 1.165) is 16.1 Å². The zero-order valence-electron chi connectivity index (χ0n) is 8.01. The number of aromatic nitrogens is 2. The van der Waals surface area contributed by atoms with Crippen molar-refractivity contribution in [2.75, 3.05) is 17.6 Å². The van der Waals surface area contributed by atoms with Gasteiger partial charge in [0, 0.05) is 31.5 Å². The van der Waals surface area contributed by atoms with Crippen molar-refractivity contribution in [3.63, 3.8) is 0 Å². The van der Waals surface area contributed by atoms with Crippen LogP contribution in [0.1, 0.15) is 5.56 Å². The molecule has 0 unspecified atom stereocenters. The molecule has 6 nitrogen and oxygen atoms in total. The maximum atomic E-state index is 11.1. The van der Waals surface area contributed by atoms with Crippen LogP contribution in [0.3, 0.4) is 0 Å². The summed E-state index contributed by atoms with van der Waals surface area (Å²) in [5, 5.41) is 0. The Labute approximate surface area is 82.8 Å². The molecular weight excluding hydrogens is 204 g/mol. The number of hydrogen-bond acceptors (Lipinski definition) is 5. The molecule has 0 amide bonds. The van der Waals surface area contributed by atoms with Gasteiger partial charge in [0.1, 0.15) is 0 Å². The summed E-state index contributed by atoms with van der Waals surface area (Å²) in [6, 6.07) is 0. The van der Waals surface area contributed by atoms with Crippen LogP contribution in [0, 0.1) is 0 Å². The van der Waals surface area contributed by atoms with E-state index in [1.54, 1.807) is 0 Å². The predicted octanol–water partition coefficient (Wildman–Crippen LogP) is -0.669. The second kappa shape index (κ2) is 3.89. The summed E-state index contributed by atoms with van der Waals surface area (Å²) >= 11 is 0. The summed E-state index contributed by atoms with van der Waals surface area (Å²) in [6.45, 7) is 0.336. The maximum absolute atomic E-state index is 11.1. The normalized spacial score (nSPS) is 11.4. The highest BCUT2D eigenvalue weighted by Crippen LogP contribution is 2.07. The molecule has 0 saturated heterocycles. The average molecular weight is 216 g/mol. The molecule has 14 heavy (non-hydrogen) atoms. The number of sulfonamides is 1. The molecule has 0 fully saturated rings. The first kappa shape index (κ1) is 10.9. The first-order chi connectivity index (χ1) is 6.45. The van der Waals surface area contributed by atoms with E-state index < -0.39 is 10.0 Å². The van der Waals surface area contributed by atoms with Crippen LogP contribution < -0.4 is 10.0 Å². The summed E-state index contributed by atoms with van der Waals surface area (Å²) in [6.07, 6.45) is 4.10. The minimum absolute atomic E-state index is 0.143. The largest absolute Gasteiger partial charge is 0.326 e. The van der Waals surface area contributed by atoms with Crippen molar-refractivity contribution in [1.82, 2.24) is 9.97 Å². The Morgan fingerprint density at radius 1 is 1.43 bits per heavy atom. The fourth-order valence-corrected chi connectivity index (χ4v) is 1.16. The highest BCUT2D eigenvalue weighted by Gasteiger charge is 2.13. The van der Waals surface area contributed by atoms with Crippen LogP contribution in [0.25, 0.3) is 0 Å². The number of nitrogens with two attached hydrogens (primary N) is 1. The van der Waals surface area contributed by atoms with E-state index in [-0.39, 0.29) is 5.95 Å². The van der Waals surface area contributed by atoms with Crippen LogP contribution in [0.5, 0.6) is 0 Å². The Morgan fingerprint density at radius 3 is 2.29 bits per heavy atom. The smallest absolute Gasteiger partial charge is 0.238 e. The van der Waals surface area contributed by atoms with Crippen molar-refractivity contribution in [1.29, 1.82) is 0 Å². The lowest BCUT2D eigenvalue weighted by atomic mass is 10.3. The van der Waals surface area contributed by atoms with Gasteiger partial charge in [0.15, 0.2) is 0 Å². The summed E-state index contributed by atoms with van der Waals surface area (Å²) in [5.74, 6) is 0.143. The van der Waals surface area contributed by atoms with Gasteiger partial charge in [0.25, 0.3) is 0 Å². The Bertz CT molecular complexity index is 400. The van der Waals surface area contributed by atoms with Crippen LogP contribution in [0.15, 0.2) is 12.4 Å². The van der Waals surface area contributed by atoms with E-state index in [9.17, 15) is 8.42 Å². The van der Waals surface area contributed by atoms with Gasteiger partial charge in [0.2, 0.25) is 16.0 Å². The predicted molar refractivity (Wildman–Crippen MR) is 53.2 cm³/mol. The molecule has 1 rings (SSSR count). The molecule has 0 atom stereocenters. The Kier molecular flexibility index (Phi) is 3.02. The van der Waals surface area contributed by atoms with Gasteiger partial charge in [-0.15, -0.1) is 0 Å². The molecule has 0 aromatic carbocycles. The lowest BCUT2D eigenvalue weighted by molar-refractivity contribution is 0.599. The standard InChI is InChI=1S/C7H12N4O2S/c1-11(14(2,12)13)7-9-4-6(3-8)5-10-7/h4-5H,3,8H2,1-2H3. The molecule has 0 bridgehead atoms. The van der Waals surface area contributed by atoms with Crippen LogP contribution in [0.2, 0.25) is 0 Å². The van der Waals surface area contributed by atoms with Crippen LogP contribution >= 0.6 is 0 Å². The summed E-state index contributed by atoms with van der Waals surface area (Å²) in [5.41, 5.74) is 6.11. The van der Waals surface area contributed by atoms with Gasteiger partial charge in [-0.25, -0.2) is 22.7 Å². The molecule has 78 valence electrons. The van der Waals surface area contributed by atoms with E-state index in [2.05, 4.69) is 9.97 Å². The molecule has 0 aliphatic rings. The van der Waals surface area contributed by atoms with Crippen LogP contribution in [0.4, 0.5) is 5.95 Å². The highest BCUT2D eigenvalue weighted by atomic mass is 32.2. The first-order valence-corrected chi connectivity index (χ1v) is 5.75. The number of anilines is 1. The van der Waals surface area contributed by atoms with Crippen molar-refractivity contribution < 1.29 is 8.42 Å². The van der Waals surface area contributed by atoms with Gasteiger partial charge in [-0.1, -0.05) is 0 Å². The van der Waals surface area contributed by atoms with Crippen molar-refractivity contribution in [2.24, 2.45) is 5.73 Å². The quantitative estimate of drug-likeness (QED) is 0.724. The van der Waals surface area contributed by atoms with Gasteiger partial charge in [-0.2, -0.15) is 0 Å². The molecule has 0 aliphatic carbocycles. The minimum Gasteiger partial charge on any atom is -0.326 e. The second-order valence-electron chi connectivity index (χ2n) is 2.83. The Morgan fingerprint density at radius 2 is 1.93 bits per heavy atom. The maximum Gasteiger partial charge on any atom is 0.238 e. The number of rotatable bonds is 3. The third-order valence-electron chi connectivity index (χ3n) is 1.71. The fraction of sp³-hybridized carbons (Fsp3) is 0.429. The SMILES string of the molecule is CN(c1ncc(CN)cn1)S(C)(=O)=O. The van der Waals surface area contributed by atoms with Gasteiger partial charge in [-0.05, 0) is 0 Å². The van der Waals surface area contributed by atoms with Crippen molar-refractivity contribution in [2.45, 2.75) is 6.54 Å². The Balaban J connectivity index is 2.98. The average Bonchev–Trinajstić information content (AvgIpc) is 2.15. The van der Waals surface area contributed by atoms with Gasteiger partial charge < -0.3 is 5.73 Å². The van der Waals surface area contributed by atoms with Gasteiger partial charge >= 0.3 is 0 Å². The molecule has 0 saturated carbocycles. The molecule has 0 radical (unpaired) electrons. The molecule has 1 aromatic heterocycles. The summed E-state index contributed by atoms with van der Waals surface area (Å²) in [7, 11) is -1.90. The number of hydrogen-bond donors (Lipinski definition) is 1. The topological polar surface area (TPSA) is 89.2 Å². The van der Waals surface area contributed by atoms with Crippen molar-refractivity contribution >= 4 is 16.0 Å². The van der Waals surface area contributed by atoms with E-state index in [1.165, 1.54) is 19.4 Å². The van der Waals surface area contributed by atoms with Crippen molar-refractivity contribution in [3.05, 3.63) is 18.0 Å². The minimum atomic E-state index is -3.30. The second-order valence-corrected chi connectivity index (χ2v) is 4.84. The number of nitrogens with zero attached hydrogens (tertiary/aromatic N) is 3. The zero-order valence-corrected chi connectivity index (χ0v) is 8.82. The molecule has 0 spiro atoms. The van der Waals surface area contributed by atoms with E-state index in [4.69, 9.17) is 5.73 Å². The molecule has 1 aromatic rings. The summed E-state index contributed by atoms with van der Waals surface area (Å²) in [4.78, 5) is 7.74. The molecule has 1 heterocycles. The molecule has 7 heteroatoms. The monoisotopic (exact) mass is 216 g/mol. The Hall–Kier alpha value is -1.21. The lowest BCUT2D eigenvalue weighted by Gasteiger charge is -2.13. The van der Waals surface area contributed by atoms with E-state index in [0.29, 0.717) is 6.54 Å². The first-order valence-electron chi connectivity index (χ1n) is 3.90. The van der Waals surface area contributed by atoms with Gasteiger partial charge in [0.05, 0.1) is 6.26 Å². The van der Waals surface area contributed by atoms with E-state index in [1.807, 2.05) is 0 Å². The third kappa shape index (κ3) is 2.39. The molecule has 0 aliphatic heterocycles. The van der Waals surface area contributed by atoms with Crippen LogP contribution in [-0.4, -0.2) is 31.7 Å². The van der Waals surface area contributed by atoms with Gasteiger partial charge in [-0.3, -0.25) is 0 Å². The zero-order chi connectivity index (χ0) is 10.8. The fourth-order valence-electron chi connectivity index (χ4n) is 0.764. The summed E-state index contributed by atoms with van der Waals surface area (Å²) < 4.78 is 23.2. The van der Waals surface area contributed by atoms with Crippen LogP contribution in [-0.2, 0) is 16.6 Å². The highest BCUT2D eigenvalue weighted by molar-refractivity contribution is 7.92. The lowest BCUT2D eigenvalue weighted by Crippen LogP contribution is -2.26. The molecular formula is C7H12N4O2S.